The maximum absolute atomic E-state index is 5.82. The highest BCUT2D eigenvalue weighted by Crippen LogP contribution is 2.48. The summed E-state index contributed by atoms with van der Waals surface area (Å²) in [6.45, 7) is 8.64. The number of ether oxygens (including phenoxy) is 4. The van der Waals surface area contributed by atoms with Crippen LogP contribution in [0.25, 0.3) is 66.8 Å². The third-order valence-electron chi connectivity index (χ3n) is 11.4. The molecule has 0 aliphatic heterocycles. The first-order chi connectivity index (χ1) is 29.3. The van der Waals surface area contributed by atoms with Gasteiger partial charge in [0.05, 0.1) is 28.4 Å². The molecule has 0 unspecified atom stereocenters. The predicted molar refractivity (Wildman–Crippen MR) is 251 cm³/mol. The fourth-order valence-corrected chi connectivity index (χ4v) is 8.39. The lowest BCUT2D eigenvalue weighted by Gasteiger charge is -2.21. The topological polar surface area (TPSA) is 36.9 Å². The molecule has 0 bridgehead atoms. The molecule has 0 aliphatic carbocycles. The van der Waals surface area contributed by atoms with E-state index in [1.54, 1.807) is 28.4 Å². The minimum Gasteiger partial charge on any atom is -0.496 e. The summed E-state index contributed by atoms with van der Waals surface area (Å²) in [7, 11) is 6.90. The van der Waals surface area contributed by atoms with Crippen molar-refractivity contribution in [2.24, 2.45) is 0 Å². The molecule has 0 fully saturated rings. The molecule has 0 amide bonds. The Morgan fingerprint density at radius 1 is 0.233 bits per heavy atom. The zero-order valence-electron chi connectivity index (χ0n) is 35.8. The number of methoxy groups -OCH3 is 4. The van der Waals surface area contributed by atoms with Crippen LogP contribution in [0.15, 0.2) is 170 Å². The second kappa shape index (κ2) is 18.7. The van der Waals surface area contributed by atoms with Gasteiger partial charge in [-0.05, 0) is 119 Å². The molecule has 60 heavy (non-hydrogen) atoms. The Morgan fingerprint density at radius 3 is 0.583 bits per heavy atom. The van der Waals surface area contributed by atoms with Crippen LogP contribution in [0.5, 0.6) is 23.0 Å². The van der Waals surface area contributed by atoms with Gasteiger partial charge in [0, 0.05) is 22.3 Å². The van der Waals surface area contributed by atoms with E-state index >= 15 is 0 Å². The molecular weight excluding hydrogens is 737 g/mol. The van der Waals surface area contributed by atoms with Crippen molar-refractivity contribution in [2.75, 3.05) is 28.4 Å². The molecule has 8 rings (SSSR count). The molecule has 0 spiro atoms. The van der Waals surface area contributed by atoms with Crippen molar-refractivity contribution in [2.45, 2.75) is 27.7 Å². The zero-order chi connectivity index (χ0) is 42.2. The molecular formula is C56H52O4. The summed E-state index contributed by atoms with van der Waals surface area (Å²) in [5, 5.41) is 0. The molecule has 4 nitrogen and oxygen atoms in total. The first-order valence-electron chi connectivity index (χ1n) is 20.2. The van der Waals surface area contributed by atoms with Gasteiger partial charge < -0.3 is 18.9 Å². The molecule has 8 aromatic carbocycles. The Morgan fingerprint density at radius 2 is 0.417 bits per heavy atom. The van der Waals surface area contributed by atoms with Gasteiger partial charge in [0.15, 0.2) is 0 Å². The lowest BCUT2D eigenvalue weighted by molar-refractivity contribution is 0.410. The Balaban J connectivity index is 0.000000181. The minimum atomic E-state index is 0.846. The molecule has 8 aromatic rings. The number of hydrogen-bond acceptors (Lipinski definition) is 4. The molecule has 0 saturated heterocycles. The molecule has 0 atom stereocenters. The number of rotatable bonds is 10. The molecule has 0 saturated carbocycles. The van der Waals surface area contributed by atoms with Crippen molar-refractivity contribution in [1.82, 2.24) is 0 Å². The monoisotopic (exact) mass is 788 g/mol. The van der Waals surface area contributed by atoms with Gasteiger partial charge in [-0.15, -0.1) is 0 Å². The van der Waals surface area contributed by atoms with Crippen LogP contribution in [0.4, 0.5) is 0 Å². The smallest absolute Gasteiger partial charge is 0.127 e. The summed E-state index contributed by atoms with van der Waals surface area (Å²) >= 11 is 0. The molecule has 4 heteroatoms. The summed E-state index contributed by atoms with van der Waals surface area (Å²) in [6, 6.07) is 58.6. The first-order valence-corrected chi connectivity index (χ1v) is 20.2. The number of hydrogen-bond donors (Lipinski definition) is 0. The second-order valence-electron chi connectivity index (χ2n) is 14.7. The van der Waals surface area contributed by atoms with Crippen LogP contribution in [0, 0.1) is 27.7 Å². The number of benzene rings is 8. The third kappa shape index (κ3) is 8.15. The quantitative estimate of drug-likeness (QED) is 0.138. The van der Waals surface area contributed by atoms with Crippen molar-refractivity contribution in [3.63, 3.8) is 0 Å². The molecule has 0 aromatic heterocycles. The summed E-state index contributed by atoms with van der Waals surface area (Å²) in [5.74, 6) is 3.38. The third-order valence-corrected chi connectivity index (χ3v) is 11.4. The summed E-state index contributed by atoms with van der Waals surface area (Å²) < 4.78 is 23.3. The lowest BCUT2D eigenvalue weighted by Crippen LogP contribution is -1.99. The fraction of sp³-hybridized carbons (Fsp3) is 0.143. The van der Waals surface area contributed by atoms with E-state index < -0.39 is 0 Å². The van der Waals surface area contributed by atoms with Gasteiger partial charge >= 0.3 is 0 Å². The Hall–Kier alpha value is -7.04. The van der Waals surface area contributed by atoms with Crippen molar-refractivity contribution in [3.8, 4) is 89.8 Å². The fourth-order valence-electron chi connectivity index (χ4n) is 8.39. The van der Waals surface area contributed by atoms with Crippen molar-refractivity contribution in [3.05, 3.63) is 192 Å². The Labute approximate surface area is 355 Å². The van der Waals surface area contributed by atoms with Crippen LogP contribution in [0.2, 0.25) is 0 Å². The lowest BCUT2D eigenvalue weighted by atomic mass is 9.86. The predicted octanol–water partition coefficient (Wildman–Crippen LogP) is 14.6. The van der Waals surface area contributed by atoms with E-state index in [1.165, 1.54) is 66.8 Å². The molecule has 0 radical (unpaired) electrons. The largest absolute Gasteiger partial charge is 0.496 e. The maximum Gasteiger partial charge on any atom is 0.127 e. The van der Waals surface area contributed by atoms with E-state index in [-0.39, 0.29) is 0 Å². The maximum atomic E-state index is 5.82. The highest BCUT2D eigenvalue weighted by atomic mass is 16.5. The molecule has 0 aliphatic rings. The van der Waals surface area contributed by atoms with Crippen molar-refractivity contribution >= 4 is 0 Å². The van der Waals surface area contributed by atoms with Gasteiger partial charge in [-0.3, -0.25) is 0 Å². The van der Waals surface area contributed by atoms with Crippen LogP contribution < -0.4 is 18.9 Å². The van der Waals surface area contributed by atoms with E-state index in [2.05, 4.69) is 173 Å². The van der Waals surface area contributed by atoms with E-state index in [1.807, 2.05) is 24.3 Å². The Bertz CT molecular complexity index is 2320. The van der Waals surface area contributed by atoms with Gasteiger partial charge in [-0.1, -0.05) is 146 Å². The minimum absolute atomic E-state index is 0.846. The van der Waals surface area contributed by atoms with Crippen LogP contribution in [0.1, 0.15) is 22.3 Å². The highest BCUT2D eigenvalue weighted by Gasteiger charge is 2.23. The average Bonchev–Trinajstić information content (AvgIpc) is 3.30. The van der Waals surface area contributed by atoms with E-state index in [9.17, 15) is 0 Å². The molecule has 0 heterocycles. The zero-order valence-corrected chi connectivity index (χ0v) is 35.8. The highest BCUT2D eigenvalue weighted by molar-refractivity contribution is 5.92. The second-order valence-corrected chi connectivity index (χ2v) is 14.7. The van der Waals surface area contributed by atoms with Gasteiger partial charge in [0.1, 0.15) is 23.0 Å². The average molecular weight is 789 g/mol. The van der Waals surface area contributed by atoms with Crippen LogP contribution in [0.3, 0.4) is 0 Å². The normalized spacial score (nSPS) is 10.7. The molecule has 300 valence electrons. The SMILES string of the molecule is COc1ccc(-c2ccccc2)c(C)c1-c1c(OC)ccc(-c2ccccc2)c1C.COc1ccc(-c2ccccc2)c(C)c1-c1c(OC)ccc(-c2ccccc2)c1C. The van der Waals surface area contributed by atoms with Crippen LogP contribution >= 0.6 is 0 Å². The van der Waals surface area contributed by atoms with Gasteiger partial charge in [0.2, 0.25) is 0 Å². The van der Waals surface area contributed by atoms with Gasteiger partial charge in [-0.25, -0.2) is 0 Å². The van der Waals surface area contributed by atoms with Crippen LogP contribution in [-0.4, -0.2) is 28.4 Å². The van der Waals surface area contributed by atoms with Crippen molar-refractivity contribution < 1.29 is 18.9 Å². The summed E-state index contributed by atoms with van der Waals surface area (Å²) in [6.07, 6.45) is 0. The van der Waals surface area contributed by atoms with E-state index in [0.29, 0.717) is 0 Å². The molecule has 0 N–H and O–H groups in total. The van der Waals surface area contributed by atoms with Gasteiger partial charge in [0.25, 0.3) is 0 Å². The summed E-state index contributed by atoms with van der Waals surface area (Å²) in [4.78, 5) is 0. The Kier molecular flexibility index (Phi) is 12.8. The van der Waals surface area contributed by atoms with E-state index in [0.717, 1.165) is 45.3 Å². The van der Waals surface area contributed by atoms with Crippen molar-refractivity contribution in [1.29, 1.82) is 0 Å². The standard InChI is InChI=1S/2C28H26O2/c2*1-19-23(21-11-7-5-8-12-21)15-17-25(29-3)27(19)28-20(2)24(16-18-26(28)30-4)22-13-9-6-10-14-22/h2*5-18H,1-4H3. The summed E-state index contributed by atoms with van der Waals surface area (Å²) in [5.41, 5.74) is 18.5. The van der Waals surface area contributed by atoms with Gasteiger partial charge in [-0.2, -0.15) is 0 Å². The first kappa shape index (κ1) is 41.1. The van der Waals surface area contributed by atoms with Crippen LogP contribution in [-0.2, 0) is 0 Å². The van der Waals surface area contributed by atoms with E-state index in [4.69, 9.17) is 18.9 Å².